The number of aryl methyl sites for hydroxylation is 3. The summed E-state index contributed by atoms with van der Waals surface area (Å²) in [4.78, 5) is 16.4. The summed E-state index contributed by atoms with van der Waals surface area (Å²) in [6.45, 7) is 5.77. The number of benzene rings is 2. The summed E-state index contributed by atoms with van der Waals surface area (Å²) in [5, 5.41) is 7.22. The van der Waals surface area contributed by atoms with Crippen molar-refractivity contribution in [3.8, 4) is 28.1 Å². The lowest BCUT2D eigenvalue weighted by molar-refractivity contribution is 0.393. The monoisotopic (exact) mass is 423 g/mol. The van der Waals surface area contributed by atoms with E-state index in [2.05, 4.69) is 45.5 Å². The molecule has 0 saturated carbocycles. The molecule has 0 unspecified atom stereocenters. The van der Waals surface area contributed by atoms with Gasteiger partial charge in [-0.2, -0.15) is 0 Å². The Morgan fingerprint density at radius 2 is 1.81 bits per heavy atom. The van der Waals surface area contributed by atoms with Crippen LogP contribution in [0.3, 0.4) is 0 Å². The van der Waals surface area contributed by atoms with Crippen molar-refractivity contribution in [3.05, 3.63) is 59.9 Å². The molecular weight excluding hydrogens is 402 g/mol. The van der Waals surface area contributed by atoms with Gasteiger partial charge >= 0.3 is 0 Å². The second kappa shape index (κ2) is 6.68. The van der Waals surface area contributed by atoms with E-state index in [1.54, 1.807) is 7.11 Å². The van der Waals surface area contributed by atoms with Gasteiger partial charge in [0, 0.05) is 39.1 Å². The van der Waals surface area contributed by atoms with Crippen LogP contribution in [-0.4, -0.2) is 32.2 Å². The number of hydrogen-bond acceptors (Lipinski definition) is 5. The van der Waals surface area contributed by atoms with Crippen molar-refractivity contribution in [2.45, 2.75) is 20.8 Å². The highest BCUT2D eigenvalue weighted by atomic mass is 16.5. The Morgan fingerprint density at radius 3 is 2.59 bits per heavy atom. The third-order valence-electron chi connectivity index (χ3n) is 6.04. The Kier molecular flexibility index (Phi) is 3.89. The maximum Gasteiger partial charge on any atom is 0.142 e. The SMILES string of the molecule is COc1cc2c(cc1-c1c(C)noc1C)[nH]c1nc(C)nc(-c3cccc4[nH]ccc34)c12. The van der Waals surface area contributed by atoms with Crippen molar-refractivity contribution in [2.75, 3.05) is 7.11 Å². The van der Waals surface area contributed by atoms with E-state index in [0.717, 1.165) is 72.4 Å². The molecule has 0 atom stereocenters. The fourth-order valence-corrected chi connectivity index (χ4v) is 4.65. The number of hydrogen-bond donors (Lipinski definition) is 2. The Hall–Kier alpha value is -4.13. The summed E-state index contributed by atoms with van der Waals surface area (Å²) in [6.07, 6.45) is 1.95. The summed E-state index contributed by atoms with van der Waals surface area (Å²) < 4.78 is 11.2. The maximum absolute atomic E-state index is 5.80. The van der Waals surface area contributed by atoms with Crippen LogP contribution in [0, 0.1) is 20.8 Å². The second-order valence-electron chi connectivity index (χ2n) is 8.01. The molecule has 0 aliphatic rings. The number of nitrogens with zero attached hydrogens (tertiary/aromatic N) is 3. The Bertz CT molecular complexity index is 1630. The molecule has 158 valence electrons. The molecule has 4 aromatic heterocycles. The summed E-state index contributed by atoms with van der Waals surface area (Å²) in [5.74, 6) is 2.22. The van der Waals surface area contributed by atoms with Crippen LogP contribution in [0.15, 0.2) is 47.1 Å². The fourth-order valence-electron chi connectivity index (χ4n) is 4.65. The first kappa shape index (κ1) is 18.6. The van der Waals surface area contributed by atoms with E-state index in [9.17, 15) is 0 Å². The minimum Gasteiger partial charge on any atom is -0.496 e. The third-order valence-corrected chi connectivity index (χ3v) is 6.04. The third kappa shape index (κ3) is 2.57. The van der Waals surface area contributed by atoms with Crippen LogP contribution in [0.4, 0.5) is 0 Å². The van der Waals surface area contributed by atoms with Crippen LogP contribution in [0.2, 0.25) is 0 Å². The van der Waals surface area contributed by atoms with Crippen molar-refractivity contribution < 1.29 is 9.26 Å². The van der Waals surface area contributed by atoms with Crippen LogP contribution in [0.25, 0.3) is 55.2 Å². The number of methoxy groups -OCH3 is 1. The molecule has 32 heavy (non-hydrogen) atoms. The van der Waals surface area contributed by atoms with Crippen molar-refractivity contribution >= 4 is 32.8 Å². The molecule has 0 fully saturated rings. The molecule has 0 saturated heterocycles. The van der Waals surface area contributed by atoms with Crippen molar-refractivity contribution in [3.63, 3.8) is 0 Å². The van der Waals surface area contributed by atoms with Gasteiger partial charge in [0.25, 0.3) is 0 Å². The quantitative estimate of drug-likeness (QED) is 0.373. The average Bonchev–Trinajstić information content (AvgIpc) is 3.48. The summed E-state index contributed by atoms with van der Waals surface area (Å²) in [5.41, 5.74) is 7.50. The van der Waals surface area contributed by atoms with Crippen molar-refractivity contribution in [1.29, 1.82) is 0 Å². The largest absolute Gasteiger partial charge is 0.496 e. The number of nitrogens with one attached hydrogen (secondary N) is 2. The zero-order chi connectivity index (χ0) is 22.0. The highest BCUT2D eigenvalue weighted by Gasteiger charge is 2.21. The molecule has 4 heterocycles. The summed E-state index contributed by atoms with van der Waals surface area (Å²) in [6, 6.07) is 12.4. The van der Waals surface area contributed by atoms with Gasteiger partial charge in [-0.25, -0.2) is 9.97 Å². The minimum atomic E-state index is 0.713. The average molecular weight is 423 g/mol. The molecule has 2 N–H and O–H groups in total. The Morgan fingerprint density at radius 1 is 0.938 bits per heavy atom. The summed E-state index contributed by atoms with van der Waals surface area (Å²) >= 11 is 0. The molecule has 7 heteroatoms. The number of aromatic amines is 2. The predicted octanol–water partition coefficient (Wildman–Crippen LogP) is 5.85. The molecule has 6 aromatic rings. The Labute approximate surface area is 183 Å². The van der Waals surface area contributed by atoms with Crippen LogP contribution < -0.4 is 4.74 Å². The molecule has 0 amide bonds. The van der Waals surface area contributed by atoms with Gasteiger partial charge in [0.1, 0.15) is 23.0 Å². The smallest absolute Gasteiger partial charge is 0.142 e. The van der Waals surface area contributed by atoms with E-state index >= 15 is 0 Å². The van der Waals surface area contributed by atoms with Crippen molar-refractivity contribution in [1.82, 2.24) is 25.1 Å². The van der Waals surface area contributed by atoms with Crippen LogP contribution >= 0.6 is 0 Å². The van der Waals surface area contributed by atoms with E-state index in [1.807, 2.05) is 33.0 Å². The molecule has 7 nitrogen and oxygen atoms in total. The zero-order valence-corrected chi connectivity index (χ0v) is 18.2. The van der Waals surface area contributed by atoms with Crippen LogP contribution in [0.5, 0.6) is 5.75 Å². The van der Waals surface area contributed by atoms with Gasteiger partial charge in [0.2, 0.25) is 0 Å². The van der Waals surface area contributed by atoms with E-state index in [-0.39, 0.29) is 0 Å². The Balaban J connectivity index is 1.72. The molecule has 0 aliphatic heterocycles. The number of rotatable bonds is 3. The first-order valence-electron chi connectivity index (χ1n) is 10.4. The van der Waals surface area contributed by atoms with Crippen LogP contribution in [0.1, 0.15) is 17.3 Å². The molecule has 0 bridgehead atoms. The highest BCUT2D eigenvalue weighted by molar-refractivity contribution is 6.15. The van der Waals surface area contributed by atoms with Gasteiger partial charge in [0.15, 0.2) is 0 Å². The fraction of sp³-hybridized carbons (Fsp3) is 0.160. The van der Waals surface area contributed by atoms with Gasteiger partial charge in [-0.3, -0.25) is 0 Å². The lowest BCUT2D eigenvalue weighted by Crippen LogP contribution is -1.93. The van der Waals surface area contributed by atoms with Gasteiger partial charge in [0.05, 0.1) is 29.4 Å². The number of H-pyrrole nitrogens is 2. The van der Waals surface area contributed by atoms with Crippen LogP contribution in [-0.2, 0) is 0 Å². The normalized spacial score (nSPS) is 11.8. The van der Waals surface area contributed by atoms with Crippen molar-refractivity contribution in [2.24, 2.45) is 0 Å². The van der Waals surface area contributed by atoms with Gasteiger partial charge in [-0.1, -0.05) is 17.3 Å². The highest BCUT2D eigenvalue weighted by Crippen LogP contribution is 2.42. The number of ether oxygens (including phenoxy) is 1. The molecular formula is C25H21N5O2. The molecule has 0 spiro atoms. The molecule has 0 radical (unpaired) electrons. The molecule has 6 rings (SSSR count). The minimum absolute atomic E-state index is 0.713. The van der Waals surface area contributed by atoms with E-state index < -0.39 is 0 Å². The van der Waals surface area contributed by atoms with Gasteiger partial charge in [-0.05, 0) is 45.0 Å². The van der Waals surface area contributed by atoms with E-state index in [1.165, 1.54) is 0 Å². The van der Waals surface area contributed by atoms with Gasteiger partial charge in [-0.15, -0.1) is 0 Å². The first-order valence-corrected chi connectivity index (χ1v) is 10.4. The number of aromatic nitrogens is 5. The second-order valence-corrected chi connectivity index (χ2v) is 8.01. The van der Waals surface area contributed by atoms with E-state index in [0.29, 0.717) is 5.82 Å². The van der Waals surface area contributed by atoms with E-state index in [4.69, 9.17) is 19.2 Å². The maximum atomic E-state index is 5.80. The lowest BCUT2D eigenvalue weighted by atomic mass is 9.99. The summed E-state index contributed by atoms with van der Waals surface area (Å²) in [7, 11) is 1.68. The topological polar surface area (TPSA) is 92.6 Å². The standard InChI is InChI=1S/C25H21N5O2/c1-12-22(13(2)32-30-12)18-10-20-17(11-21(18)31-4)23-24(27-14(3)28-25(23)29-20)16-6-5-7-19-15(16)8-9-26-19/h5-11,26H,1-4H3,(H,27,28,29). The zero-order valence-electron chi connectivity index (χ0n) is 18.2. The predicted molar refractivity (Wildman–Crippen MR) is 125 cm³/mol. The molecule has 2 aromatic carbocycles. The molecule has 0 aliphatic carbocycles. The number of fused-ring (bicyclic) bond motifs is 4. The first-order chi connectivity index (χ1) is 15.5. The lowest BCUT2D eigenvalue weighted by Gasteiger charge is -2.10. The van der Waals surface area contributed by atoms with Gasteiger partial charge < -0.3 is 19.2 Å².